The van der Waals surface area contributed by atoms with Crippen molar-refractivity contribution in [1.82, 2.24) is 5.32 Å². The number of benzene rings is 1. The van der Waals surface area contributed by atoms with Crippen LogP contribution in [0.2, 0.25) is 0 Å². The maximum absolute atomic E-state index is 11.2. The van der Waals surface area contributed by atoms with Crippen molar-refractivity contribution in [2.24, 2.45) is 5.14 Å². The molecule has 6 nitrogen and oxygen atoms in total. The van der Waals surface area contributed by atoms with Crippen molar-refractivity contribution in [3.63, 3.8) is 0 Å². The Kier molecular flexibility index (Phi) is 4.92. The van der Waals surface area contributed by atoms with Gasteiger partial charge in [0.2, 0.25) is 10.0 Å². The average Bonchev–Trinajstić information content (AvgIpc) is 2.25. The average molecular weight is 258 g/mol. The molecular formula is C10H14N2O4S. The van der Waals surface area contributed by atoms with E-state index in [0.717, 1.165) is 0 Å². The molecule has 0 heterocycles. The number of para-hydroxylation sites is 1. The van der Waals surface area contributed by atoms with E-state index in [4.69, 9.17) is 9.88 Å². The van der Waals surface area contributed by atoms with Crippen LogP contribution in [-0.2, 0) is 10.0 Å². The lowest BCUT2D eigenvalue weighted by Crippen LogP contribution is -2.29. The van der Waals surface area contributed by atoms with Crippen molar-refractivity contribution in [1.29, 1.82) is 0 Å². The van der Waals surface area contributed by atoms with E-state index in [1.807, 2.05) is 0 Å². The van der Waals surface area contributed by atoms with Crippen LogP contribution < -0.4 is 15.2 Å². The molecule has 17 heavy (non-hydrogen) atoms. The van der Waals surface area contributed by atoms with Gasteiger partial charge in [0.05, 0.1) is 5.75 Å². The fourth-order valence-corrected chi connectivity index (χ4v) is 1.64. The molecule has 0 bridgehead atoms. The summed E-state index contributed by atoms with van der Waals surface area (Å²) in [6.45, 7) is 0.197. The van der Waals surface area contributed by atoms with Gasteiger partial charge in [-0.2, -0.15) is 0 Å². The lowest BCUT2D eigenvalue weighted by molar-refractivity contribution is 0.200. The summed E-state index contributed by atoms with van der Waals surface area (Å²) < 4.78 is 26.1. The molecule has 0 aliphatic heterocycles. The first kappa shape index (κ1) is 13.5. The van der Waals surface area contributed by atoms with Crippen LogP contribution in [0, 0.1) is 0 Å². The van der Waals surface area contributed by atoms with Crippen molar-refractivity contribution in [2.75, 3.05) is 12.3 Å². The molecule has 7 heteroatoms. The molecule has 0 spiro atoms. The number of carbonyl (C=O) groups excluding carboxylic acids is 1. The number of amides is 1. The number of hydrogen-bond acceptors (Lipinski definition) is 4. The number of nitrogens with two attached hydrogens (primary N) is 1. The maximum Gasteiger partial charge on any atom is 0.412 e. The van der Waals surface area contributed by atoms with E-state index in [1.165, 1.54) is 0 Å². The van der Waals surface area contributed by atoms with Crippen molar-refractivity contribution >= 4 is 16.1 Å². The van der Waals surface area contributed by atoms with Crippen LogP contribution >= 0.6 is 0 Å². The Balaban J connectivity index is 2.23. The fraction of sp³-hybridized carbons (Fsp3) is 0.300. The second-order valence-electron chi connectivity index (χ2n) is 3.35. The van der Waals surface area contributed by atoms with Gasteiger partial charge in [-0.25, -0.2) is 18.4 Å². The molecule has 1 rings (SSSR count). The molecule has 0 saturated heterocycles. The summed E-state index contributed by atoms with van der Waals surface area (Å²) in [5.41, 5.74) is 0. The van der Waals surface area contributed by atoms with E-state index >= 15 is 0 Å². The van der Waals surface area contributed by atoms with Gasteiger partial charge in [0.15, 0.2) is 0 Å². The fourth-order valence-electron chi connectivity index (χ4n) is 1.10. The Labute approximate surface area is 99.8 Å². The highest BCUT2D eigenvalue weighted by molar-refractivity contribution is 7.89. The summed E-state index contributed by atoms with van der Waals surface area (Å²) in [4.78, 5) is 11.2. The molecule has 1 aromatic rings. The quantitative estimate of drug-likeness (QED) is 0.749. The topological polar surface area (TPSA) is 98.5 Å². The Bertz CT molecular complexity index is 458. The predicted molar refractivity (Wildman–Crippen MR) is 63.1 cm³/mol. The number of sulfonamides is 1. The largest absolute Gasteiger partial charge is 0.412 e. The Hall–Kier alpha value is -1.60. The second-order valence-corrected chi connectivity index (χ2v) is 5.08. The molecule has 0 unspecified atom stereocenters. The standard InChI is InChI=1S/C10H14N2O4S/c11-17(14,15)8-4-7-12-10(13)16-9-5-2-1-3-6-9/h1-3,5-6H,4,7-8H2,(H,12,13)(H2,11,14,15). The Morgan fingerprint density at radius 3 is 2.53 bits per heavy atom. The minimum atomic E-state index is -3.47. The monoisotopic (exact) mass is 258 g/mol. The number of hydrogen-bond donors (Lipinski definition) is 2. The molecule has 3 N–H and O–H groups in total. The van der Waals surface area contributed by atoms with Crippen molar-refractivity contribution in [2.45, 2.75) is 6.42 Å². The SMILES string of the molecule is NS(=O)(=O)CCCNC(=O)Oc1ccccc1. The van der Waals surface area contributed by atoms with Crippen LogP contribution in [0.15, 0.2) is 30.3 Å². The first-order chi connectivity index (χ1) is 7.97. The van der Waals surface area contributed by atoms with E-state index in [1.54, 1.807) is 30.3 Å². The highest BCUT2D eigenvalue weighted by Crippen LogP contribution is 2.07. The van der Waals surface area contributed by atoms with E-state index < -0.39 is 16.1 Å². The van der Waals surface area contributed by atoms with Crippen LogP contribution in [0.1, 0.15) is 6.42 Å². The minimum absolute atomic E-state index is 0.168. The Morgan fingerprint density at radius 2 is 1.94 bits per heavy atom. The summed E-state index contributed by atoms with van der Waals surface area (Å²) in [5.74, 6) is 0.259. The molecule has 0 atom stereocenters. The Morgan fingerprint density at radius 1 is 1.29 bits per heavy atom. The predicted octanol–water partition coefficient (Wildman–Crippen LogP) is 0.454. The van der Waals surface area contributed by atoms with Gasteiger partial charge in [-0.1, -0.05) is 18.2 Å². The smallest absolute Gasteiger partial charge is 0.410 e. The maximum atomic E-state index is 11.2. The van der Waals surface area contributed by atoms with Gasteiger partial charge >= 0.3 is 6.09 Å². The number of carbonyl (C=O) groups is 1. The highest BCUT2D eigenvalue weighted by atomic mass is 32.2. The van der Waals surface area contributed by atoms with E-state index in [0.29, 0.717) is 5.75 Å². The van der Waals surface area contributed by atoms with Gasteiger partial charge in [-0.15, -0.1) is 0 Å². The highest BCUT2D eigenvalue weighted by Gasteiger charge is 2.05. The lowest BCUT2D eigenvalue weighted by Gasteiger charge is -2.05. The first-order valence-electron chi connectivity index (χ1n) is 4.98. The summed E-state index contributed by atoms with van der Waals surface area (Å²) in [5, 5.41) is 7.23. The van der Waals surface area contributed by atoms with Crippen LogP contribution in [0.25, 0.3) is 0 Å². The number of rotatable bonds is 5. The molecule has 0 aromatic heterocycles. The van der Waals surface area contributed by atoms with Gasteiger partial charge in [-0.05, 0) is 18.6 Å². The summed E-state index contributed by atoms with van der Waals surface area (Å²) in [6.07, 6.45) is -0.367. The normalized spacial score (nSPS) is 10.9. The molecular weight excluding hydrogens is 244 g/mol. The molecule has 0 radical (unpaired) electrons. The molecule has 94 valence electrons. The zero-order chi connectivity index (χ0) is 12.7. The van der Waals surface area contributed by atoms with Crippen molar-refractivity contribution < 1.29 is 17.9 Å². The molecule has 0 aliphatic carbocycles. The van der Waals surface area contributed by atoms with Gasteiger partial charge < -0.3 is 10.1 Å². The van der Waals surface area contributed by atoms with Crippen LogP contribution in [0.5, 0.6) is 5.75 Å². The summed E-state index contributed by atoms with van der Waals surface area (Å²) in [6, 6.07) is 8.57. The van der Waals surface area contributed by atoms with Crippen molar-refractivity contribution in [3.05, 3.63) is 30.3 Å². The molecule has 1 aromatic carbocycles. The molecule has 1 amide bonds. The lowest BCUT2D eigenvalue weighted by atomic mass is 10.3. The zero-order valence-corrected chi connectivity index (χ0v) is 9.94. The summed E-state index contributed by atoms with van der Waals surface area (Å²) in [7, 11) is -3.47. The minimum Gasteiger partial charge on any atom is -0.410 e. The summed E-state index contributed by atoms with van der Waals surface area (Å²) >= 11 is 0. The van der Waals surface area contributed by atoms with Crippen LogP contribution in [0.4, 0.5) is 4.79 Å². The third kappa shape index (κ3) is 6.54. The third-order valence-electron chi connectivity index (χ3n) is 1.83. The van der Waals surface area contributed by atoms with Gasteiger partial charge in [-0.3, -0.25) is 0 Å². The van der Waals surface area contributed by atoms with Crippen molar-refractivity contribution in [3.8, 4) is 5.75 Å². The molecule has 0 fully saturated rings. The van der Waals surface area contributed by atoms with E-state index in [-0.39, 0.29) is 18.7 Å². The second kappa shape index (κ2) is 6.21. The number of primary sulfonamides is 1. The van der Waals surface area contributed by atoms with E-state index in [2.05, 4.69) is 5.32 Å². The third-order valence-corrected chi connectivity index (χ3v) is 2.69. The number of nitrogens with one attached hydrogen (secondary N) is 1. The first-order valence-corrected chi connectivity index (χ1v) is 6.70. The van der Waals surface area contributed by atoms with Gasteiger partial charge in [0.1, 0.15) is 5.75 Å². The van der Waals surface area contributed by atoms with Crippen LogP contribution in [0.3, 0.4) is 0 Å². The van der Waals surface area contributed by atoms with Gasteiger partial charge in [0.25, 0.3) is 0 Å². The van der Waals surface area contributed by atoms with E-state index in [9.17, 15) is 13.2 Å². The zero-order valence-electron chi connectivity index (χ0n) is 9.13. The van der Waals surface area contributed by atoms with Gasteiger partial charge in [0, 0.05) is 6.54 Å². The van der Waals surface area contributed by atoms with Crippen LogP contribution in [-0.4, -0.2) is 26.8 Å². The molecule has 0 saturated carbocycles. The molecule has 0 aliphatic rings. The number of ether oxygens (including phenoxy) is 1.